The van der Waals surface area contributed by atoms with Crippen LogP contribution in [0.4, 0.5) is 0 Å². The second kappa shape index (κ2) is 8.44. The fraction of sp³-hybridized carbons (Fsp3) is 0.762. The van der Waals surface area contributed by atoms with Crippen molar-refractivity contribution in [2.75, 3.05) is 0 Å². The van der Waals surface area contributed by atoms with Crippen molar-refractivity contribution in [3.05, 3.63) is 27.2 Å². The third-order valence-electron chi connectivity index (χ3n) is 6.74. The van der Waals surface area contributed by atoms with Crippen molar-refractivity contribution in [1.29, 1.82) is 0 Å². The van der Waals surface area contributed by atoms with Crippen LogP contribution in [0.1, 0.15) is 77.0 Å². The second-order valence-electron chi connectivity index (χ2n) is 8.61. The van der Waals surface area contributed by atoms with E-state index in [1.807, 2.05) is 4.57 Å². The van der Waals surface area contributed by atoms with Crippen LogP contribution < -0.4 is 11.2 Å². The third-order valence-corrected chi connectivity index (χ3v) is 6.74. The molecule has 0 spiro atoms. The maximum atomic E-state index is 12.5. The van der Waals surface area contributed by atoms with Gasteiger partial charge in [-0.3, -0.25) is 14.3 Å². The zero-order valence-corrected chi connectivity index (χ0v) is 16.3. The summed E-state index contributed by atoms with van der Waals surface area (Å²) in [6.07, 6.45) is 17.0. The van der Waals surface area contributed by atoms with E-state index < -0.39 is 0 Å². The monoisotopic (exact) mass is 372 g/mol. The summed E-state index contributed by atoms with van der Waals surface area (Å²) in [6.45, 7) is 1.51. The fourth-order valence-corrected chi connectivity index (χ4v) is 5.09. The molecule has 2 aromatic heterocycles. The van der Waals surface area contributed by atoms with Crippen molar-refractivity contribution in [2.45, 2.75) is 90.1 Å². The van der Waals surface area contributed by atoms with E-state index in [-0.39, 0.29) is 11.2 Å². The number of nitrogens with one attached hydrogen (secondary N) is 1. The van der Waals surface area contributed by atoms with Gasteiger partial charge in [0.2, 0.25) is 0 Å². The molecule has 6 nitrogen and oxygen atoms in total. The lowest BCUT2D eigenvalue weighted by molar-refractivity contribution is 0.319. The first-order valence-electron chi connectivity index (χ1n) is 10.9. The van der Waals surface area contributed by atoms with Crippen molar-refractivity contribution >= 4 is 11.2 Å². The molecule has 2 aliphatic carbocycles. The number of hydrogen-bond acceptors (Lipinski definition) is 3. The van der Waals surface area contributed by atoms with Crippen molar-refractivity contribution in [3.8, 4) is 0 Å². The predicted molar refractivity (Wildman–Crippen MR) is 107 cm³/mol. The average molecular weight is 373 g/mol. The number of aromatic nitrogens is 4. The molecule has 2 aromatic rings. The van der Waals surface area contributed by atoms with E-state index in [1.54, 1.807) is 10.9 Å². The molecule has 2 aliphatic rings. The van der Waals surface area contributed by atoms with Crippen LogP contribution in [-0.4, -0.2) is 19.1 Å². The van der Waals surface area contributed by atoms with Crippen LogP contribution in [0.3, 0.4) is 0 Å². The smallest absolute Gasteiger partial charge is 0.316 e. The normalized spacial score (nSPS) is 19.7. The number of aromatic amines is 1. The molecule has 4 rings (SSSR count). The summed E-state index contributed by atoms with van der Waals surface area (Å²) < 4.78 is 3.81. The van der Waals surface area contributed by atoms with E-state index in [9.17, 15) is 9.59 Å². The van der Waals surface area contributed by atoms with Crippen LogP contribution in [-0.2, 0) is 13.1 Å². The minimum atomic E-state index is -0.361. The molecule has 0 radical (unpaired) electrons. The van der Waals surface area contributed by atoms with Crippen LogP contribution in [0.15, 0.2) is 15.9 Å². The summed E-state index contributed by atoms with van der Waals surface area (Å²) in [6, 6.07) is 0. The highest BCUT2D eigenvalue weighted by Crippen LogP contribution is 2.28. The Bertz CT molecular complexity index is 866. The van der Waals surface area contributed by atoms with Crippen molar-refractivity contribution in [3.63, 3.8) is 0 Å². The van der Waals surface area contributed by atoms with Crippen LogP contribution in [0.2, 0.25) is 0 Å². The molecule has 6 heteroatoms. The summed E-state index contributed by atoms with van der Waals surface area (Å²) in [4.78, 5) is 31.6. The number of H-pyrrole nitrogens is 1. The zero-order valence-electron chi connectivity index (χ0n) is 16.3. The topological polar surface area (TPSA) is 72.7 Å². The molecule has 0 saturated heterocycles. The molecule has 2 saturated carbocycles. The lowest BCUT2D eigenvalue weighted by atomic mass is 9.87. The van der Waals surface area contributed by atoms with Gasteiger partial charge in [0.05, 0.1) is 6.33 Å². The maximum absolute atomic E-state index is 12.5. The van der Waals surface area contributed by atoms with Gasteiger partial charge in [0.25, 0.3) is 5.56 Å². The molecule has 0 amide bonds. The highest BCUT2D eigenvalue weighted by Gasteiger charge is 2.19. The first-order chi connectivity index (χ1) is 13.2. The van der Waals surface area contributed by atoms with Gasteiger partial charge in [-0.05, 0) is 24.7 Å². The Balaban J connectivity index is 1.56. The van der Waals surface area contributed by atoms with Gasteiger partial charge in [0.1, 0.15) is 5.65 Å². The quantitative estimate of drug-likeness (QED) is 0.837. The van der Waals surface area contributed by atoms with Gasteiger partial charge in [-0.2, -0.15) is 0 Å². The highest BCUT2D eigenvalue weighted by atomic mass is 16.2. The summed E-state index contributed by atoms with van der Waals surface area (Å²) in [5.41, 5.74) is 0.473. The molecule has 1 N–H and O–H groups in total. The molecule has 0 bridgehead atoms. The van der Waals surface area contributed by atoms with Crippen LogP contribution in [0.25, 0.3) is 11.2 Å². The molecule has 0 atom stereocenters. The lowest BCUT2D eigenvalue weighted by Gasteiger charge is -2.23. The largest absolute Gasteiger partial charge is 0.330 e. The molecule has 0 unspecified atom stereocenters. The van der Waals surface area contributed by atoms with Crippen molar-refractivity contribution in [2.24, 2.45) is 11.8 Å². The van der Waals surface area contributed by atoms with Crippen LogP contribution in [0.5, 0.6) is 0 Å². The molecule has 148 valence electrons. The molecule has 2 fully saturated rings. The van der Waals surface area contributed by atoms with Gasteiger partial charge in [-0.1, -0.05) is 64.2 Å². The third kappa shape index (κ3) is 4.19. The first kappa shape index (κ1) is 18.5. The first-order valence-corrected chi connectivity index (χ1v) is 10.9. The van der Waals surface area contributed by atoms with E-state index in [1.165, 1.54) is 64.2 Å². The highest BCUT2D eigenvalue weighted by molar-refractivity contribution is 5.69. The number of aryl methyl sites for hydroxylation is 2. The Kier molecular flexibility index (Phi) is 5.79. The maximum Gasteiger partial charge on any atom is 0.330 e. The van der Waals surface area contributed by atoms with Gasteiger partial charge in [0.15, 0.2) is 5.52 Å². The summed E-state index contributed by atoms with van der Waals surface area (Å²) in [7, 11) is 0. The Morgan fingerprint density at radius 3 is 2.11 bits per heavy atom. The number of nitrogens with zero attached hydrogens (tertiary/aromatic N) is 3. The molecular formula is C21H32N4O2. The van der Waals surface area contributed by atoms with Crippen LogP contribution in [0, 0.1) is 11.8 Å². The molecule has 0 aromatic carbocycles. The van der Waals surface area contributed by atoms with E-state index >= 15 is 0 Å². The summed E-state index contributed by atoms with van der Waals surface area (Å²) in [5.74, 6) is 1.46. The standard InChI is InChI=1S/C21H32N4O2/c26-19-18-20(24(15-22-18)13-11-16-7-3-1-4-8-16)25(21(27)23-19)14-12-17-9-5-2-6-10-17/h15-17H,1-14H2,(H,23,26,27). The molecule has 0 aliphatic heterocycles. The van der Waals surface area contributed by atoms with Gasteiger partial charge >= 0.3 is 5.69 Å². The number of imidazole rings is 1. The lowest BCUT2D eigenvalue weighted by Crippen LogP contribution is -2.32. The Labute approximate surface area is 160 Å². The molecular weight excluding hydrogens is 340 g/mol. The number of rotatable bonds is 6. The molecule has 27 heavy (non-hydrogen) atoms. The van der Waals surface area contributed by atoms with Crippen LogP contribution >= 0.6 is 0 Å². The Morgan fingerprint density at radius 1 is 0.889 bits per heavy atom. The Hall–Kier alpha value is -1.85. The molecule has 2 heterocycles. The fourth-order valence-electron chi connectivity index (χ4n) is 5.09. The zero-order chi connectivity index (χ0) is 18.6. The van der Waals surface area contributed by atoms with Gasteiger partial charge in [-0.25, -0.2) is 9.78 Å². The summed E-state index contributed by atoms with van der Waals surface area (Å²) in [5, 5.41) is 0. The summed E-state index contributed by atoms with van der Waals surface area (Å²) >= 11 is 0. The van der Waals surface area contributed by atoms with E-state index in [2.05, 4.69) is 9.97 Å². The number of hydrogen-bond donors (Lipinski definition) is 1. The minimum absolute atomic E-state index is 0.289. The van der Waals surface area contributed by atoms with Crippen molar-refractivity contribution < 1.29 is 0 Å². The second-order valence-corrected chi connectivity index (χ2v) is 8.61. The van der Waals surface area contributed by atoms with Gasteiger partial charge < -0.3 is 4.57 Å². The Morgan fingerprint density at radius 2 is 1.48 bits per heavy atom. The SMILES string of the molecule is O=c1[nH]c(=O)n(CCC2CCCCC2)c2c1ncn2CCC1CCCCC1. The van der Waals surface area contributed by atoms with E-state index in [4.69, 9.17) is 0 Å². The van der Waals surface area contributed by atoms with Gasteiger partial charge in [-0.15, -0.1) is 0 Å². The minimum Gasteiger partial charge on any atom is -0.316 e. The van der Waals surface area contributed by atoms with E-state index in [0.29, 0.717) is 18.0 Å². The van der Waals surface area contributed by atoms with E-state index in [0.717, 1.165) is 31.0 Å². The average Bonchev–Trinajstić information content (AvgIpc) is 3.12. The predicted octanol–water partition coefficient (Wildman–Crippen LogP) is 3.83. The van der Waals surface area contributed by atoms with Crippen molar-refractivity contribution in [1.82, 2.24) is 19.1 Å². The number of fused-ring (bicyclic) bond motifs is 1. The van der Waals surface area contributed by atoms with Gasteiger partial charge in [0, 0.05) is 13.1 Å².